The van der Waals surface area contributed by atoms with Gasteiger partial charge in [-0.15, -0.1) is 0 Å². The Balaban J connectivity index is 2.44. The number of methoxy groups -OCH3 is 1. The van der Waals surface area contributed by atoms with Crippen molar-refractivity contribution in [3.63, 3.8) is 0 Å². The molecule has 0 aliphatic heterocycles. The van der Waals surface area contributed by atoms with Crippen LogP contribution in [-0.2, 0) is 11.2 Å². The van der Waals surface area contributed by atoms with Gasteiger partial charge in [-0.3, -0.25) is 4.99 Å². The van der Waals surface area contributed by atoms with Gasteiger partial charge < -0.3 is 15.8 Å². The fourth-order valence-corrected chi connectivity index (χ4v) is 2.01. The third-order valence-corrected chi connectivity index (χ3v) is 2.97. The molecule has 1 aromatic rings. The van der Waals surface area contributed by atoms with Gasteiger partial charge in [-0.2, -0.15) is 0 Å². The van der Waals surface area contributed by atoms with E-state index < -0.39 is 0 Å². The van der Waals surface area contributed by atoms with Gasteiger partial charge in [-0.25, -0.2) is 0 Å². The summed E-state index contributed by atoms with van der Waals surface area (Å²) >= 11 is 0. The topological polar surface area (TPSA) is 59.6 Å². The Bertz CT molecular complexity index is 429. The van der Waals surface area contributed by atoms with Crippen molar-refractivity contribution < 1.29 is 4.74 Å². The van der Waals surface area contributed by atoms with Crippen molar-refractivity contribution in [3.8, 4) is 0 Å². The molecule has 106 valence electrons. The van der Waals surface area contributed by atoms with Crippen LogP contribution in [-0.4, -0.2) is 32.3 Å². The van der Waals surface area contributed by atoms with Crippen molar-refractivity contribution >= 4 is 5.96 Å². The highest BCUT2D eigenvalue weighted by molar-refractivity contribution is 5.78. The number of nitrogens with zero attached hydrogens (tertiary/aromatic N) is 1. The highest BCUT2D eigenvalue weighted by Gasteiger charge is 2.02. The summed E-state index contributed by atoms with van der Waals surface area (Å²) < 4.78 is 5.03. The lowest BCUT2D eigenvalue weighted by Crippen LogP contribution is -2.40. The molecule has 0 spiro atoms. The molecule has 0 aliphatic carbocycles. The first-order valence-electron chi connectivity index (χ1n) is 6.64. The number of guanidine groups is 1. The van der Waals surface area contributed by atoms with Crippen LogP contribution in [0.15, 0.2) is 23.2 Å². The summed E-state index contributed by atoms with van der Waals surface area (Å²) in [5, 5.41) is 3.09. The number of hydrogen-bond acceptors (Lipinski definition) is 2. The summed E-state index contributed by atoms with van der Waals surface area (Å²) in [7, 11) is 1.67. The van der Waals surface area contributed by atoms with Gasteiger partial charge in [0.05, 0.1) is 6.61 Å². The van der Waals surface area contributed by atoms with Crippen LogP contribution in [0.4, 0.5) is 0 Å². The lowest BCUT2D eigenvalue weighted by Gasteiger charge is -2.13. The highest BCUT2D eigenvalue weighted by atomic mass is 16.5. The maximum atomic E-state index is 5.81. The van der Waals surface area contributed by atoms with E-state index >= 15 is 0 Å². The smallest absolute Gasteiger partial charge is 0.188 e. The van der Waals surface area contributed by atoms with Gasteiger partial charge in [0.1, 0.15) is 0 Å². The van der Waals surface area contributed by atoms with Gasteiger partial charge in [-0.1, -0.05) is 23.8 Å². The van der Waals surface area contributed by atoms with E-state index in [1.807, 2.05) is 6.92 Å². The zero-order chi connectivity index (χ0) is 14.3. The molecule has 0 saturated carbocycles. The molecule has 1 unspecified atom stereocenters. The minimum atomic E-state index is 0.176. The molecule has 1 aromatic carbocycles. The number of nitrogens with one attached hydrogen (secondary N) is 1. The molecule has 0 bridgehead atoms. The number of benzene rings is 1. The standard InChI is InChI=1S/C15H25N3O/c1-11-5-6-14(12(2)9-11)7-8-17-15(16)18-13(3)10-19-4/h5-6,9,13H,7-8,10H2,1-4H3,(H3,16,17,18). The van der Waals surface area contributed by atoms with E-state index in [9.17, 15) is 0 Å². The first kappa shape index (κ1) is 15.5. The van der Waals surface area contributed by atoms with E-state index in [0.717, 1.165) is 6.42 Å². The van der Waals surface area contributed by atoms with Gasteiger partial charge in [0.15, 0.2) is 5.96 Å². The summed E-state index contributed by atoms with van der Waals surface area (Å²) in [5.41, 5.74) is 9.75. The molecule has 3 N–H and O–H groups in total. The first-order chi connectivity index (χ1) is 9.02. The third-order valence-electron chi connectivity index (χ3n) is 2.97. The van der Waals surface area contributed by atoms with Crippen LogP contribution < -0.4 is 11.1 Å². The van der Waals surface area contributed by atoms with Gasteiger partial charge in [0, 0.05) is 19.7 Å². The van der Waals surface area contributed by atoms with Crippen LogP contribution in [0.3, 0.4) is 0 Å². The van der Waals surface area contributed by atoms with Crippen molar-refractivity contribution in [1.29, 1.82) is 0 Å². The number of rotatable bonds is 6. The van der Waals surface area contributed by atoms with Gasteiger partial charge in [0.25, 0.3) is 0 Å². The number of hydrogen-bond donors (Lipinski definition) is 2. The van der Waals surface area contributed by atoms with Crippen LogP contribution in [0.1, 0.15) is 23.6 Å². The fraction of sp³-hybridized carbons (Fsp3) is 0.533. The normalized spacial score (nSPS) is 13.4. The Labute approximate surface area is 116 Å². The predicted molar refractivity (Wildman–Crippen MR) is 80.6 cm³/mol. The summed E-state index contributed by atoms with van der Waals surface area (Å²) in [5.74, 6) is 0.481. The molecule has 0 aromatic heterocycles. The first-order valence-corrected chi connectivity index (χ1v) is 6.64. The number of aliphatic imine (C=N–C) groups is 1. The van der Waals surface area contributed by atoms with Crippen LogP contribution in [0.5, 0.6) is 0 Å². The van der Waals surface area contributed by atoms with Crippen molar-refractivity contribution in [3.05, 3.63) is 34.9 Å². The largest absolute Gasteiger partial charge is 0.383 e. The molecule has 1 rings (SSSR count). The van der Waals surface area contributed by atoms with E-state index in [4.69, 9.17) is 10.5 Å². The van der Waals surface area contributed by atoms with Crippen LogP contribution in [0.25, 0.3) is 0 Å². The van der Waals surface area contributed by atoms with Crippen LogP contribution in [0, 0.1) is 13.8 Å². The monoisotopic (exact) mass is 263 g/mol. The SMILES string of the molecule is COCC(C)NC(N)=NCCc1ccc(C)cc1C. The molecule has 0 amide bonds. The van der Waals surface area contributed by atoms with Crippen molar-refractivity contribution in [2.75, 3.05) is 20.3 Å². The molecular weight excluding hydrogens is 238 g/mol. The molecule has 19 heavy (non-hydrogen) atoms. The maximum absolute atomic E-state index is 5.81. The van der Waals surface area contributed by atoms with Crippen LogP contribution >= 0.6 is 0 Å². The average Bonchev–Trinajstić information content (AvgIpc) is 2.32. The lowest BCUT2D eigenvalue weighted by atomic mass is 10.0. The van der Waals surface area contributed by atoms with Gasteiger partial charge in [0.2, 0.25) is 0 Å². The molecule has 0 radical (unpaired) electrons. The van der Waals surface area contributed by atoms with Crippen molar-refractivity contribution in [2.45, 2.75) is 33.2 Å². The van der Waals surface area contributed by atoms with Gasteiger partial charge >= 0.3 is 0 Å². The second-order valence-electron chi connectivity index (χ2n) is 4.95. The molecule has 0 aliphatic rings. The zero-order valence-electron chi connectivity index (χ0n) is 12.4. The minimum absolute atomic E-state index is 0.176. The van der Waals surface area contributed by atoms with E-state index in [1.165, 1.54) is 16.7 Å². The predicted octanol–water partition coefficient (Wildman–Crippen LogP) is 1.79. The summed E-state index contributed by atoms with van der Waals surface area (Å²) in [4.78, 5) is 4.33. The second-order valence-corrected chi connectivity index (χ2v) is 4.95. The summed E-state index contributed by atoms with van der Waals surface area (Å²) in [6.45, 7) is 7.56. The molecule has 4 heteroatoms. The molecule has 4 nitrogen and oxygen atoms in total. The molecule has 1 atom stereocenters. The van der Waals surface area contributed by atoms with Crippen molar-refractivity contribution in [1.82, 2.24) is 5.32 Å². The number of aryl methyl sites for hydroxylation is 2. The van der Waals surface area contributed by atoms with E-state index in [0.29, 0.717) is 19.1 Å². The Morgan fingerprint density at radius 3 is 2.79 bits per heavy atom. The molecule has 0 saturated heterocycles. The Morgan fingerprint density at radius 1 is 1.42 bits per heavy atom. The number of nitrogens with two attached hydrogens (primary N) is 1. The Morgan fingerprint density at radius 2 is 2.16 bits per heavy atom. The minimum Gasteiger partial charge on any atom is -0.383 e. The number of ether oxygens (including phenoxy) is 1. The summed E-state index contributed by atoms with van der Waals surface area (Å²) in [6.07, 6.45) is 0.910. The second kappa shape index (κ2) is 7.79. The Kier molecular flexibility index (Phi) is 6.36. The van der Waals surface area contributed by atoms with E-state index in [-0.39, 0.29) is 6.04 Å². The average molecular weight is 263 g/mol. The molecule has 0 fully saturated rings. The van der Waals surface area contributed by atoms with Crippen LogP contribution in [0.2, 0.25) is 0 Å². The highest BCUT2D eigenvalue weighted by Crippen LogP contribution is 2.10. The van der Waals surface area contributed by atoms with Crippen molar-refractivity contribution in [2.24, 2.45) is 10.7 Å². The summed E-state index contributed by atoms with van der Waals surface area (Å²) in [6, 6.07) is 6.67. The molecule has 0 heterocycles. The molecular formula is C15H25N3O. The van der Waals surface area contributed by atoms with E-state index in [1.54, 1.807) is 7.11 Å². The quantitative estimate of drug-likeness (QED) is 0.607. The fourth-order valence-electron chi connectivity index (χ4n) is 2.01. The maximum Gasteiger partial charge on any atom is 0.188 e. The third kappa shape index (κ3) is 5.75. The van der Waals surface area contributed by atoms with E-state index in [2.05, 4.69) is 42.4 Å². The lowest BCUT2D eigenvalue weighted by molar-refractivity contribution is 0.179. The van der Waals surface area contributed by atoms with Gasteiger partial charge in [-0.05, 0) is 38.3 Å². The zero-order valence-corrected chi connectivity index (χ0v) is 12.4. The Hall–Kier alpha value is -1.55.